The zero-order chi connectivity index (χ0) is 15.0. The molecular weight excluding hydrogens is 285 g/mol. The van der Waals surface area contributed by atoms with Gasteiger partial charge in [-0.3, -0.25) is 4.72 Å². The molecule has 0 amide bonds. The average Bonchev–Trinajstić information content (AvgIpc) is 2.47. The van der Waals surface area contributed by atoms with E-state index in [0.717, 1.165) is 16.0 Å². The topological polar surface area (TPSA) is 50.4 Å². The fourth-order valence-electron chi connectivity index (χ4n) is 2.65. The molecule has 0 spiro atoms. The zero-order valence-electron chi connectivity index (χ0n) is 11.9. The van der Waals surface area contributed by atoms with Gasteiger partial charge in [0.1, 0.15) is 5.82 Å². The Kier molecular flexibility index (Phi) is 3.59. The van der Waals surface area contributed by atoms with E-state index >= 15 is 0 Å². The van der Waals surface area contributed by atoms with Gasteiger partial charge in [0.2, 0.25) is 5.96 Å². The molecule has 0 radical (unpaired) electrons. The predicted molar refractivity (Wildman–Crippen MR) is 85.4 cm³/mol. The van der Waals surface area contributed by atoms with Gasteiger partial charge in [0.15, 0.2) is 0 Å². The number of aliphatic imine (C=N–C) groups is 1. The van der Waals surface area contributed by atoms with Crippen molar-refractivity contribution in [3.05, 3.63) is 58.9 Å². The number of nitrogens with zero attached hydrogens (tertiary/aromatic N) is 1. The van der Waals surface area contributed by atoms with Gasteiger partial charge in [0.05, 0.1) is 10.6 Å². The van der Waals surface area contributed by atoms with Crippen molar-refractivity contribution in [3.8, 4) is 0 Å². The Morgan fingerprint density at radius 1 is 1.24 bits per heavy atom. The molecule has 5 heteroatoms. The van der Waals surface area contributed by atoms with E-state index in [0.29, 0.717) is 17.2 Å². The van der Waals surface area contributed by atoms with Gasteiger partial charge < -0.3 is 5.73 Å². The summed E-state index contributed by atoms with van der Waals surface area (Å²) in [7, 11) is 0. The van der Waals surface area contributed by atoms with Crippen molar-refractivity contribution in [2.24, 2.45) is 10.7 Å². The summed E-state index contributed by atoms with van der Waals surface area (Å²) in [5, 5.41) is 0. The van der Waals surface area contributed by atoms with Crippen LogP contribution in [0.3, 0.4) is 0 Å². The number of aryl methyl sites for hydroxylation is 1. The zero-order valence-corrected chi connectivity index (χ0v) is 12.7. The summed E-state index contributed by atoms with van der Waals surface area (Å²) in [6.07, 6.45) is 0. The smallest absolute Gasteiger partial charge is 0.204 e. The first kappa shape index (κ1) is 13.9. The third-order valence-electron chi connectivity index (χ3n) is 3.71. The van der Waals surface area contributed by atoms with Crippen LogP contribution in [0.1, 0.15) is 29.5 Å². The maximum absolute atomic E-state index is 14.4. The first-order valence-corrected chi connectivity index (χ1v) is 7.54. The first-order chi connectivity index (χ1) is 10.1. The lowest BCUT2D eigenvalue weighted by atomic mass is 9.88. The second-order valence-electron chi connectivity index (χ2n) is 5.09. The maximum Gasteiger partial charge on any atom is 0.204 e. The Morgan fingerprint density at radius 2 is 2.00 bits per heavy atom. The Morgan fingerprint density at radius 3 is 2.76 bits per heavy atom. The lowest BCUT2D eigenvalue weighted by molar-refractivity contribution is 0.601. The van der Waals surface area contributed by atoms with Crippen LogP contribution in [-0.4, -0.2) is 5.96 Å². The molecule has 2 aromatic rings. The predicted octanol–water partition coefficient (Wildman–Crippen LogP) is 3.84. The van der Waals surface area contributed by atoms with Gasteiger partial charge in [0, 0.05) is 11.5 Å². The van der Waals surface area contributed by atoms with E-state index in [4.69, 9.17) is 5.73 Å². The van der Waals surface area contributed by atoms with Gasteiger partial charge in [-0.2, -0.15) is 0 Å². The normalized spacial score (nSPS) is 14.9. The SMILES string of the molecule is Cc1ccccc1C(C)c1c(F)ccc2c1N=C(N)NS2. The number of nitrogens with two attached hydrogens (primary N) is 1. The van der Waals surface area contributed by atoms with Crippen LogP contribution in [0.15, 0.2) is 46.3 Å². The molecule has 1 aliphatic rings. The summed E-state index contributed by atoms with van der Waals surface area (Å²) < 4.78 is 17.3. The maximum atomic E-state index is 14.4. The molecule has 0 aromatic heterocycles. The number of fused-ring (bicyclic) bond motifs is 1. The van der Waals surface area contributed by atoms with Gasteiger partial charge in [-0.15, -0.1) is 0 Å². The van der Waals surface area contributed by atoms with Gasteiger partial charge in [-0.05, 0) is 42.1 Å². The third kappa shape index (κ3) is 2.49. The van der Waals surface area contributed by atoms with E-state index in [9.17, 15) is 4.39 Å². The third-order valence-corrected chi connectivity index (χ3v) is 4.57. The van der Waals surface area contributed by atoms with E-state index in [1.807, 2.05) is 38.1 Å². The van der Waals surface area contributed by atoms with E-state index in [-0.39, 0.29) is 11.7 Å². The lowest BCUT2D eigenvalue weighted by Crippen LogP contribution is -2.27. The molecule has 21 heavy (non-hydrogen) atoms. The summed E-state index contributed by atoms with van der Waals surface area (Å²) in [6.45, 7) is 4.03. The Hall–Kier alpha value is -2.01. The molecule has 108 valence electrons. The van der Waals surface area contributed by atoms with Gasteiger partial charge in [-0.1, -0.05) is 31.2 Å². The molecule has 0 saturated carbocycles. The molecule has 0 saturated heterocycles. The van der Waals surface area contributed by atoms with E-state index in [2.05, 4.69) is 9.71 Å². The number of rotatable bonds is 2. The van der Waals surface area contributed by atoms with Crippen LogP contribution in [0, 0.1) is 12.7 Å². The number of benzene rings is 2. The summed E-state index contributed by atoms with van der Waals surface area (Å²) in [4.78, 5) is 5.20. The van der Waals surface area contributed by atoms with Crippen LogP contribution in [0.25, 0.3) is 0 Å². The largest absolute Gasteiger partial charge is 0.369 e. The summed E-state index contributed by atoms with van der Waals surface area (Å²) >= 11 is 1.36. The standard InChI is InChI=1S/C16H16FN3S/c1-9-5-3-4-6-11(9)10(2)14-12(17)7-8-13-15(14)19-16(18)20-21-13/h3-8,10H,1-2H3,(H3,18,19,20). The highest BCUT2D eigenvalue weighted by molar-refractivity contribution is 7.98. The number of nitrogens with one attached hydrogen (secondary N) is 1. The van der Waals surface area contributed by atoms with E-state index in [1.165, 1.54) is 18.0 Å². The van der Waals surface area contributed by atoms with Crippen molar-refractivity contribution in [1.29, 1.82) is 0 Å². The van der Waals surface area contributed by atoms with E-state index in [1.54, 1.807) is 6.07 Å². The minimum atomic E-state index is -0.247. The highest BCUT2D eigenvalue weighted by Crippen LogP contribution is 2.41. The van der Waals surface area contributed by atoms with Crippen LogP contribution in [0.5, 0.6) is 0 Å². The van der Waals surface area contributed by atoms with Crippen LogP contribution in [0.2, 0.25) is 0 Å². The van der Waals surface area contributed by atoms with Gasteiger partial charge in [0.25, 0.3) is 0 Å². The van der Waals surface area contributed by atoms with Crippen LogP contribution in [-0.2, 0) is 0 Å². The van der Waals surface area contributed by atoms with Crippen molar-refractivity contribution in [2.45, 2.75) is 24.7 Å². The van der Waals surface area contributed by atoms with Crippen LogP contribution in [0.4, 0.5) is 10.1 Å². The average molecular weight is 301 g/mol. The summed E-state index contributed by atoms with van der Waals surface area (Å²) in [5.74, 6) is -0.0312. The monoisotopic (exact) mass is 301 g/mol. The number of guanidine groups is 1. The molecule has 3 N–H and O–H groups in total. The van der Waals surface area contributed by atoms with Crippen molar-refractivity contribution < 1.29 is 4.39 Å². The number of hydrogen-bond acceptors (Lipinski definition) is 4. The number of halogens is 1. The van der Waals surface area contributed by atoms with E-state index < -0.39 is 0 Å². The highest BCUT2D eigenvalue weighted by Gasteiger charge is 2.23. The van der Waals surface area contributed by atoms with Gasteiger partial charge >= 0.3 is 0 Å². The summed E-state index contributed by atoms with van der Waals surface area (Å²) in [6, 6.07) is 11.2. The van der Waals surface area contributed by atoms with Crippen molar-refractivity contribution in [3.63, 3.8) is 0 Å². The Balaban J connectivity index is 2.17. The molecule has 1 unspecified atom stereocenters. The number of hydrogen-bond donors (Lipinski definition) is 2. The molecule has 1 heterocycles. The molecule has 1 aliphatic heterocycles. The molecule has 3 nitrogen and oxygen atoms in total. The van der Waals surface area contributed by atoms with Gasteiger partial charge in [-0.25, -0.2) is 9.38 Å². The van der Waals surface area contributed by atoms with Crippen molar-refractivity contribution >= 4 is 23.6 Å². The second-order valence-corrected chi connectivity index (χ2v) is 5.94. The molecular formula is C16H16FN3S. The van der Waals surface area contributed by atoms with Crippen molar-refractivity contribution in [2.75, 3.05) is 0 Å². The molecule has 3 rings (SSSR count). The molecule has 2 aromatic carbocycles. The van der Waals surface area contributed by atoms with Crippen molar-refractivity contribution in [1.82, 2.24) is 4.72 Å². The lowest BCUT2D eigenvalue weighted by Gasteiger charge is -2.22. The fourth-order valence-corrected chi connectivity index (χ4v) is 3.30. The van der Waals surface area contributed by atoms with Crippen LogP contribution < -0.4 is 10.5 Å². The Labute approximate surface area is 127 Å². The highest BCUT2D eigenvalue weighted by atomic mass is 32.2. The van der Waals surface area contributed by atoms with Crippen LogP contribution >= 0.6 is 11.9 Å². The minimum Gasteiger partial charge on any atom is -0.369 e. The second kappa shape index (κ2) is 5.41. The molecule has 0 bridgehead atoms. The Bertz CT molecular complexity index is 727. The molecule has 1 atom stereocenters. The molecule has 0 fully saturated rings. The fraction of sp³-hybridized carbons (Fsp3) is 0.188. The quantitative estimate of drug-likeness (QED) is 0.829. The molecule has 0 aliphatic carbocycles. The first-order valence-electron chi connectivity index (χ1n) is 6.73. The summed E-state index contributed by atoms with van der Waals surface area (Å²) in [5.41, 5.74) is 9.20. The minimum absolute atomic E-state index is 0.0867.